The maximum atomic E-state index is 12.4. The molecule has 0 bridgehead atoms. The molecule has 2 radical (unpaired) electrons. The summed E-state index contributed by atoms with van der Waals surface area (Å²) in [6.07, 6.45) is 0.0981. The summed E-state index contributed by atoms with van der Waals surface area (Å²) < 4.78 is 11.8. The van der Waals surface area contributed by atoms with Crippen LogP contribution >= 0.6 is 0 Å². The lowest BCUT2D eigenvalue weighted by atomic mass is 9.82. The van der Waals surface area contributed by atoms with E-state index in [0.29, 0.717) is 18.8 Å². The van der Waals surface area contributed by atoms with Crippen molar-refractivity contribution in [2.75, 3.05) is 0 Å². The highest BCUT2D eigenvalue weighted by Crippen LogP contribution is 2.44. The molecule has 0 fully saturated rings. The van der Waals surface area contributed by atoms with Crippen molar-refractivity contribution in [2.24, 2.45) is 17.3 Å². The zero-order valence-corrected chi connectivity index (χ0v) is 21.3. The normalized spacial score (nSPS) is 16.3. The summed E-state index contributed by atoms with van der Waals surface area (Å²) in [5.74, 6) is -1.13. The number of amides is 1. The molecule has 0 aliphatic rings. The van der Waals surface area contributed by atoms with E-state index in [1.54, 1.807) is 6.92 Å². The minimum absolute atomic E-state index is 0.0283. The van der Waals surface area contributed by atoms with Crippen molar-refractivity contribution < 1.29 is 23.9 Å². The molecule has 3 atom stereocenters. The average molecular weight is 430 g/mol. The Labute approximate surface area is 180 Å². The number of nitrogens with one attached hydrogen (secondary N) is 1. The van der Waals surface area contributed by atoms with E-state index in [9.17, 15) is 14.7 Å². The number of hydrogen-bond acceptors (Lipinski definition) is 4. The van der Waals surface area contributed by atoms with Gasteiger partial charge in [-0.1, -0.05) is 55.4 Å². The van der Waals surface area contributed by atoms with Crippen LogP contribution in [0.25, 0.3) is 0 Å². The summed E-state index contributed by atoms with van der Waals surface area (Å²) >= 11 is 0. The van der Waals surface area contributed by atoms with Crippen LogP contribution in [0.3, 0.4) is 0 Å². The molecule has 0 aromatic heterocycles. The zero-order chi connectivity index (χ0) is 23.2. The Kier molecular flexibility index (Phi) is 10.4. The van der Waals surface area contributed by atoms with E-state index < -0.39 is 29.7 Å². The van der Waals surface area contributed by atoms with Gasteiger partial charge in [0.15, 0.2) is 0 Å². The fourth-order valence-electron chi connectivity index (χ4n) is 2.39. The first-order valence-electron chi connectivity index (χ1n) is 10.5. The SMILES string of the molecule is CC(C)C[C@H](NC(=O)OC(C)(C)C)[C@H](C[C@@H](C)C(=O)O)O[Si]C(C)(C)C(C)(C)C. The lowest BCUT2D eigenvalue weighted by Crippen LogP contribution is -2.49. The maximum Gasteiger partial charge on any atom is 0.407 e. The van der Waals surface area contributed by atoms with E-state index in [-0.39, 0.29) is 26.3 Å². The molecular formula is C22H43NO5Si. The molecule has 0 rings (SSSR count). The molecule has 1 amide bonds. The molecule has 7 heteroatoms. The van der Waals surface area contributed by atoms with E-state index in [2.05, 4.69) is 53.8 Å². The molecular weight excluding hydrogens is 386 g/mol. The Balaban J connectivity index is 5.59. The van der Waals surface area contributed by atoms with E-state index in [1.165, 1.54) is 0 Å². The fourth-order valence-corrected chi connectivity index (χ4v) is 3.40. The molecule has 2 N–H and O–H groups in total. The fraction of sp³-hybridized carbons (Fsp3) is 0.909. The molecule has 29 heavy (non-hydrogen) atoms. The van der Waals surface area contributed by atoms with E-state index in [0.717, 1.165) is 0 Å². The first kappa shape index (κ1) is 27.9. The van der Waals surface area contributed by atoms with Crippen LogP contribution < -0.4 is 5.32 Å². The number of carboxylic acid groups (broad SMARTS) is 1. The summed E-state index contributed by atoms with van der Waals surface area (Å²) in [6, 6.07) is -0.324. The van der Waals surface area contributed by atoms with Crippen LogP contribution in [0.15, 0.2) is 0 Å². The third kappa shape index (κ3) is 11.0. The molecule has 0 saturated heterocycles. The van der Waals surface area contributed by atoms with Crippen molar-refractivity contribution in [1.29, 1.82) is 0 Å². The van der Waals surface area contributed by atoms with Gasteiger partial charge in [-0.25, -0.2) is 4.79 Å². The molecule has 0 aliphatic carbocycles. The number of ether oxygens (including phenoxy) is 1. The van der Waals surface area contributed by atoms with Gasteiger partial charge in [0.25, 0.3) is 0 Å². The molecule has 0 aromatic rings. The molecule has 0 aromatic carbocycles. The second-order valence-electron chi connectivity index (χ2n) is 11.0. The highest BCUT2D eigenvalue weighted by molar-refractivity contribution is 6.32. The van der Waals surface area contributed by atoms with Crippen LogP contribution in [-0.2, 0) is 14.0 Å². The quantitative estimate of drug-likeness (QED) is 0.461. The highest BCUT2D eigenvalue weighted by atomic mass is 28.2. The summed E-state index contributed by atoms with van der Waals surface area (Å²) in [5, 5.41) is 12.3. The van der Waals surface area contributed by atoms with Crippen molar-refractivity contribution in [3.05, 3.63) is 0 Å². The number of carbonyl (C=O) groups is 2. The van der Waals surface area contributed by atoms with Crippen LogP contribution in [0.2, 0.25) is 5.04 Å². The van der Waals surface area contributed by atoms with Gasteiger partial charge in [-0.2, -0.15) is 0 Å². The Morgan fingerprint density at radius 3 is 1.86 bits per heavy atom. The van der Waals surface area contributed by atoms with Crippen molar-refractivity contribution >= 4 is 21.8 Å². The maximum absolute atomic E-state index is 12.4. The first-order chi connectivity index (χ1) is 12.9. The van der Waals surface area contributed by atoms with Crippen molar-refractivity contribution in [3.63, 3.8) is 0 Å². The minimum atomic E-state index is -0.863. The standard InChI is InChI=1S/C22H43NO5Si/c1-14(2)12-16(23-19(26)27-21(7,8)9)17(13-15(3)18(24)25)28-29-22(10,11)20(4,5)6/h14-17H,12-13H2,1-11H3,(H,23,26)(H,24,25)/t15-,16+,17+/m1/s1. The second-order valence-corrected chi connectivity index (χ2v) is 12.7. The van der Waals surface area contributed by atoms with E-state index in [4.69, 9.17) is 9.16 Å². The van der Waals surface area contributed by atoms with Crippen LogP contribution in [0.5, 0.6) is 0 Å². The minimum Gasteiger partial charge on any atom is -0.481 e. The molecule has 0 saturated carbocycles. The average Bonchev–Trinajstić information content (AvgIpc) is 2.46. The zero-order valence-electron chi connectivity index (χ0n) is 20.3. The first-order valence-corrected chi connectivity index (χ1v) is 11.4. The predicted molar refractivity (Wildman–Crippen MR) is 118 cm³/mol. The summed E-state index contributed by atoms with van der Waals surface area (Å²) in [5.41, 5.74) is -0.576. The van der Waals surface area contributed by atoms with Gasteiger partial charge in [0, 0.05) is 0 Å². The second kappa shape index (κ2) is 10.8. The molecule has 6 nitrogen and oxygen atoms in total. The van der Waals surface area contributed by atoms with Crippen LogP contribution in [0.1, 0.15) is 89.0 Å². The van der Waals surface area contributed by atoms with Crippen LogP contribution in [0.4, 0.5) is 4.79 Å². The van der Waals surface area contributed by atoms with Gasteiger partial charge >= 0.3 is 12.1 Å². The molecule has 0 heterocycles. The van der Waals surface area contributed by atoms with Gasteiger partial charge in [-0.3, -0.25) is 4.79 Å². The lowest BCUT2D eigenvalue weighted by molar-refractivity contribution is -0.142. The number of aliphatic carboxylic acids is 1. The van der Waals surface area contributed by atoms with Gasteiger partial charge in [0.2, 0.25) is 9.76 Å². The smallest absolute Gasteiger partial charge is 0.407 e. The number of carbonyl (C=O) groups excluding carboxylic acids is 1. The van der Waals surface area contributed by atoms with E-state index in [1.807, 2.05) is 20.8 Å². The third-order valence-electron chi connectivity index (χ3n) is 5.22. The Bertz CT molecular complexity index is 534. The Hall–Kier alpha value is -1.08. The number of rotatable bonds is 10. The molecule has 170 valence electrons. The number of hydrogen-bond donors (Lipinski definition) is 2. The van der Waals surface area contributed by atoms with Gasteiger partial charge in [-0.15, -0.1) is 0 Å². The van der Waals surface area contributed by atoms with Crippen LogP contribution in [0, 0.1) is 17.3 Å². The number of alkyl carbamates (subject to hydrolysis) is 1. The van der Waals surface area contributed by atoms with Gasteiger partial charge in [0.1, 0.15) is 5.60 Å². The summed E-state index contributed by atoms with van der Waals surface area (Å²) in [7, 11) is 0.174. The summed E-state index contributed by atoms with van der Waals surface area (Å²) in [4.78, 5) is 23.9. The predicted octanol–water partition coefficient (Wildman–Crippen LogP) is 5.29. The monoisotopic (exact) mass is 429 g/mol. The van der Waals surface area contributed by atoms with Crippen LogP contribution in [-0.4, -0.2) is 44.7 Å². The molecule has 0 unspecified atom stereocenters. The largest absolute Gasteiger partial charge is 0.481 e. The van der Waals surface area contributed by atoms with Gasteiger partial charge in [-0.05, 0) is 50.0 Å². The van der Waals surface area contributed by atoms with Crippen molar-refractivity contribution in [3.8, 4) is 0 Å². The van der Waals surface area contributed by atoms with Crippen molar-refractivity contribution in [2.45, 2.75) is 112 Å². The molecule has 0 spiro atoms. The number of carboxylic acids is 1. The Morgan fingerprint density at radius 2 is 1.48 bits per heavy atom. The highest BCUT2D eigenvalue weighted by Gasteiger charge is 2.37. The Morgan fingerprint density at radius 1 is 0.966 bits per heavy atom. The van der Waals surface area contributed by atoms with Crippen molar-refractivity contribution in [1.82, 2.24) is 5.32 Å². The third-order valence-corrected chi connectivity index (χ3v) is 6.91. The topological polar surface area (TPSA) is 84.9 Å². The van der Waals surface area contributed by atoms with Gasteiger partial charge in [0.05, 0.1) is 18.1 Å². The summed E-state index contributed by atoms with van der Waals surface area (Å²) in [6.45, 7) is 22.1. The lowest BCUT2D eigenvalue weighted by Gasteiger charge is -2.40. The van der Waals surface area contributed by atoms with Gasteiger partial charge < -0.3 is 19.6 Å². The van der Waals surface area contributed by atoms with E-state index >= 15 is 0 Å². The molecule has 0 aliphatic heterocycles.